The quantitative estimate of drug-likeness (QED) is 0.0214. The van der Waals surface area contributed by atoms with E-state index >= 15 is 0 Å². The van der Waals surface area contributed by atoms with Crippen LogP contribution >= 0.6 is 11.6 Å². The number of aromatic nitrogens is 5. The molecule has 0 aliphatic carbocycles. The number of hydrogen-bond acceptors (Lipinski definition) is 13. The highest BCUT2D eigenvalue weighted by Crippen LogP contribution is 2.35. The third-order valence-corrected chi connectivity index (χ3v) is 22.4. The van der Waals surface area contributed by atoms with Crippen molar-refractivity contribution in [2.24, 2.45) is 0 Å². The molecule has 18 nitrogen and oxygen atoms in total. The van der Waals surface area contributed by atoms with Gasteiger partial charge in [-0.05, 0) is 154 Å². The second-order valence-corrected chi connectivity index (χ2v) is 31.5. The number of rotatable bonds is 32. The van der Waals surface area contributed by atoms with Gasteiger partial charge in [-0.25, -0.2) is 19.9 Å². The number of carbonyl (C=O) groups excluding carboxylic acids is 5. The van der Waals surface area contributed by atoms with Crippen LogP contribution in [0, 0.1) is 11.3 Å². The van der Waals surface area contributed by atoms with Gasteiger partial charge < -0.3 is 37.1 Å². The van der Waals surface area contributed by atoms with Gasteiger partial charge in [0, 0.05) is 99.5 Å². The lowest BCUT2D eigenvalue weighted by molar-refractivity contribution is -0.138. The van der Waals surface area contributed by atoms with E-state index < -0.39 is 23.2 Å². The molecule has 0 bridgehead atoms. The zero-order valence-corrected chi connectivity index (χ0v) is 74.9. The van der Waals surface area contributed by atoms with Gasteiger partial charge in [-0.1, -0.05) is 333 Å². The Morgan fingerprint density at radius 1 is 0.319 bits per heavy atom. The minimum atomic E-state index is -4.60. The Balaban J connectivity index is 0.000000152. The Labute approximate surface area is 790 Å². The highest BCUT2D eigenvalue weighted by Gasteiger charge is 2.35. The summed E-state index contributed by atoms with van der Waals surface area (Å²) in [5.74, 6) is 0.641. The molecule has 0 aliphatic heterocycles. The van der Waals surface area contributed by atoms with Crippen molar-refractivity contribution in [2.75, 3.05) is 38.5 Å². The monoisotopic (exact) mass is 1810 g/mol. The number of amides is 5. The van der Waals surface area contributed by atoms with E-state index in [0.717, 1.165) is 55.3 Å². The van der Waals surface area contributed by atoms with Crippen LogP contribution in [0.25, 0.3) is 0 Å². The van der Waals surface area contributed by atoms with Gasteiger partial charge in [-0.2, -0.15) is 18.4 Å². The van der Waals surface area contributed by atoms with Crippen molar-refractivity contribution < 1.29 is 41.9 Å². The normalized spacial score (nSPS) is 10.7. The number of nitrogen functional groups attached to an aromatic ring is 1. The molecule has 0 saturated heterocycles. The standard InChI is InChI=1S/C27H24N2O2.C22H19F3N2O.C22H19N3O.C21H19ClN2O.C21H21N3O/c30-26(25-17-10-19-29-27(25)31-23-15-8-3-9-16-23)28-20-18-24(21-11-4-1-5-12-21)22-13-6-2-7-14-22;23-22(24,25)20-12-13-26-15-19(20)21(28)27-14-11-18(16-7-3-1-4-8-16)17-9-5-2-6-10-17;23-15-20-12-11-19(16-25-20)22(26)24-14-13-21(17-7-3-1-4-8-17)18-9-5-2-6-10-18;22-20-12-11-18(15-24-20)21(25)23-14-13-19(16-7-3-1-4-8-16)17-9-5-2-6-10-17;22-20-19(12-7-14-23-20)21(25)24-15-13-18(16-8-3-1-4-9-16)17-10-5-2-6-11-17/h1-17,19,24H,18,20H2,(H,28,30);1-10,12-13,15,18H,11,14H2,(H,27,28);1-12,16,21H,13-14H2,(H,24,26);1-12,15,19H,13-14H2,(H,23,25);1-12,14,18H,13,15H2,(H2,22,23)(H,24,25). The van der Waals surface area contributed by atoms with Gasteiger partial charge in [-0.3, -0.25) is 29.0 Å². The molecule has 5 aromatic heterocycles. The highest BCUT2D eigenvalue weighted by atomic mass is 35.5. The van der Waals surface area contributed by atoms with Crippen LogP contribution in [0.2, 0.25) is 5.15 Å². The SMILES string of the molecule is N#Cc1ccc(C(=O)NCCC(c2ccccc2)c2ccccc2)cn1.Nc1ncccc1C(=O)NCCC(c1ccccc1)c1ccccc1.O=C(NCCC(c1ccccc1)c1ccccc1)c1ccc(Cl)nc1.O=C(NCCC(c1ccccc1)c1ccccc1)c1cccnc1Oc1ccccc1.O=C(NCCC(c1ccccc1)c1ccccc1)c1cnccc1C(F)(F)F. The summed E-state index contributed by atoms with van der Waals surface area (Å²) in [5, 5.41) is 23.7. The maximum Gasteiger partial charge on any atom is 0.417 e. The van der Waals surface area contributed by atoms with Crippen LogP contribution in [0.15, 0.2) is 425 Å². The van der Waals surface area contributed by atoms with E-state index in [1.54, 1.807) is 60.9 Å². The number of para-hydroxylation sites is 1. The van der Waals surface area contributed by atoms with Crippen LogP contribution < -0.4 is 37.1 Å². The van der Waals surface area contributed by atoms with Crippen LogP contribution in [-0.4, -0.2) is 87.2 Å². The summed E-state index contributed by atoms with van der Waals surface area (Å²) in [6, 6.07) is 128. The van der Waals surface area contributed by atoms with Crippen molar-refractivity contribution in [1.29, 1.82) is 5.26 Å². The molecule has 0 aliphatic rings. The molecule has 16 rings (SSSR count). The second kappa shape index (κ2) is 52.5. The van der Waals surface area contributed by atoms with Gasteiger partial charge in [0.2, 0.25) is 5.88 Å². The number of halogens is 4. The fourth-order valence-electron chi connectivity index (χ4n) is 15.4. The number of nitrogens with zero attached hydrogens (tertiary/aromatic N) is 6. The zero-order chi connectivity index (χ0) is 94.5. The van der Waals surface area contributed by atoms with Crippen LogP contribution in [0.1, 0.15) is 180 Å². The molecule has 135 heavy (non-hydrogen) atoms. The molecule has 0 atom stereocenters. The molecule has 0 radical (unpaired) electrons. The largest absolute Gasteiger partial charge is 0.438 e. The number of alkyl halides is 3. The molecule has 0 fully saturated rings. The lowest BCUT2D eigenvalue weighted by Gasteiger charge is -2.19. The van der Waals surface area contributed by atoms with Gasteiger partial charge >= 0.3 is 6.18 Å². The van der Waals surface area contributed by atoms with Crippen molar-refractivity contribution >= 4 is 47.0 Å². The Hall–Kier alpha value is -16.3. The Kier molecular flexibility index (Phi) is 38.0. The van der Waals surface area contributed by atoms with Gasteiger partial charge in [-0.15, -0.1) is 0 Å². The minimum Gasteiger partial charge on any atom is -0.438 e. The summed E-state index contributed by atoms with van der Waals surface area (Å²) in [5.41, 5.74) is 18.5. The fourth-order valence-corrected chi connectivity index (χ4v) is 15.5. The average molecular weight is 1820 g/mol. The van der Waals surface area contributed by atoms with Crippen molar-refractivity contribution in [2.45, 2.75) is 67.9 Å². The molecule has 678 valence electrons. The van der Waals surface area contributed by atoms with Crippen LogP contribution in [-0.2, 0) is 6.18 Å². The first-order chi connectivity index (χ1) is 66.0. The molecular formula is C113H102ClF3N12O6. The molecule has 11 aromatic carbocycles. The van der Waals surface area contributed by atoms with Gasteiger partial charge in [0.25, 0.3) is 29.5 Å². The Bertz CT molecular complexity index is 6130. The molecule has 16 aromatic rings. The van der Waals surface area contributed by atoms with E-state index in [-0.39, 0.29) is 65.6 Å². The number of nitrogens with one attached hydrogen (secondary N) is 5. The molecule has 5 heterocycles. The number of ether oxygens (including phenoxy) is 1. The van der Waals surface area contributed by atoms with E-state index in [1.165, 1.54) is 56.9 Å². The predicted molar refractivity (Wildman–Crippen MR) is 525 cm³/mol. The van der Waals surface area contributed by atoms with E-state index in [4.69, 9.17) is 27.3 Å². The summed E-state index contributed by atoms with van der Waals surface area (Å²) in [6.07, 6.45) is 7.25. The smallest absolute Gasteiger partial charge is 0.417 e. The first kappa shape index (κ1) is 97.7. The van der Waals surface area contributed by atoms with Crippen molar-refractivity contribution in [3.05, 3.63) is 525 Å². The number of nitriles is 1. The fraction of sp³-hybridized carbons (Fsp3) is 0.142. The summed E-state index contributed by atoms with van der Waals surface area (Å²) in [7, 11) is 0. The summed E-state index contributed by atoms with van der Waals surface area (Å²) >= 11 is 5.76. The Morgan fingerprint density at radius 2 is 0.607 bits per heavy atom. The van der Waals surface area contributed by atoms with E-state index in [9.17, 15) is 37.1 Å². The number of anilines is 1. The number of pyridine rings is 5. The molecular weight excluding hydrogens is 1710 g/mol. The Morgan fingerprint density at radius 3 is 0.904 bits per heavy atom. The van der Waals surface area contributed by atoms with Crippen LogP contribution in [0.5, 0.6) is 11.6 Å². The lowest BCUT2D eigenvalue weighted by Crippen LogP contribution is -2.28. The molecule has 5 amide bonds. The first-order valence-corrected chi connectivity index (χ1v) is 44.7. The average Bonchev–Trinajstić information content (AvgIpc) is 0.803. The third kappa shape index (κ3) is 30.7. The van der Waals surface area contributed by atoms with Crippen molar-refractivity contribution in [3.63, 3.8) is 0 Å². The molecule has 22 heteroatoms. The summed E-state index contributed by atoms with van der Waals surface area (Å²) in [6.45, 7) is 2.46. The maximum absolute atomic E-state index is 13.1. The third-order valence-electron chi connectivity index (χ3n) is 22.2. The number of carbonyl (C=O) groups is 5. The van der Waals surface area contributed by atoms with Gasteiger partial charge in [0.15, 0.2) is 0 Å². The molecule has 0 unspecified atom stereocenters. The van der Waals surface area contributed by atoms with Crippen LogP contribution in [0.3, 0.4) is 0 Å². The molecule has 0 spiro atoms. The number of nitrogens with two attached hydrogens (primary N) is 1. The summed E-state index contributed by atoms with van der Waals surface area (Å²) < 4.78 is 45.1. The zero-order valence-electron chi connectivity index (χ0n) is 74.1. The minimum absolute atomic E-state index is 0.0266. The summed E-state index contributed by atoms with van der Waals surface area (Å²) in [4.78, 5) is 81.7. The van der Waals surface area contributed by atoms with Gasteiger partial charge in [0.1, 0.15) is 34.0 Å². The van der Waals surface area contributed by atoms with E-state index in [0.29, 0.717) is 77.3 Å². The lowest BCUT2D eigenvalue weighted by atomic mass is 9.88. The van der Waals surface area contributed by atoms with Crippen molar-refractivity contribution in [1.82, 2.24) is 51.5 Å². The highest BCUT2D eigenvalue weighted by molar-refractivity contribution is 6.29. The topological polar surface area (TPSA) is 269 Å². The van der Waals surface area contributed by atoms with E-state index in [2.05, 4.69) is 149 Å². The predicted octanol–water partition coefficient (Wildman–Crippen LogP) is 23.1. The van der Waals surface area contributed by atoms with Crippen molar-refractivity contribution in [3.8, 4) is 17.7 Å². The van der Waals surface area contributed by atoms with E-state index in [1.807, 2.05) is 243 Å². The maximum atomic E-state index is 13.1. The molecule has 7 N–H and O–H groups in total. The first-order valence-electron chi connectivity index (χ1n) is 44.3. The number of hydrogen-bond donors (Lipinski definition) is 6. The molecule has 0 saturated carbocycles. The van der Waals surface area contributed by atoms with Crippen LogP contribution in [0.4, 0.5) is 19.0 Å². The second-order valence-electron chi connectivity index (χ2n) is 31.1. The number of benzene rings is 11. The van der Waals surface area contributed by atoms with Gasteiger partial charge in [0.05, 0.1) is 27.8 Å².